The summed E-state index contributed by atoms with van der Waals surface area (Å²) < 4.78 is 0. The van der Waals surface area contributed by atoms with Crippen molar-refractivity contribution < 1.29 is 4.79 Å². The molecule has 0 radical (unpaired) electrons. The fourth-order valence-corrected chi connectivity index (χ4v) is 3.95. The van der Waals surface area contributed by atoms with E-state index in [-0.39, 0.29) is 5.91 Å². The summed E-state index contributed by atoms with van der Waals surface area (Å²) in [6.07, 6.45) is 2.62. The average molecular weight is 424 g/mol. The van der Waals surface area contributed by atoms with Crippen LogP contribution in [-0.2, 0) is 17.9 Å². The Morgan fingerprint density at radius 2 is 1.93 bits per heavy atom. The van der Waals surface area contributed by atoms with Gasteiger partial charge in [-0.2, -0.15) is 15.0 Å². The van der Waals surface area contributed by atoms with Crippen LogP contribution in [-0.4, -0.2) is 45.4 Å². The van der Waals surface area contributed by atoms with Gasteiger partial charge in [-0.1, -0.05) is 54.1 Å². The minimum absolute atomic E-state index is 0.283. The van der Waals surface area contributed by atoms with Gasteiger partial charge in [0.2, 0.25) is 5.91 Å². The number of aromatic nitrogens is 3. The topological polar surface area (TPSA) is 63.1 Å². The van der Waals surface area contributed by atoms with E-state index in [2.05, 4.69) is 17.4 Å². The number of halogens is 1. The summed E-state index contributed by atoms with van der Waals surface area (Å²) in [5.74, 6) is 0.283. The Morgan fingerprint density at radius 3 is 2.70 bits per heavy atom. The van der Waals surface area contributed by atoms with Crippen LogP contribution in [0.25, 0.3) is 11.3 Å². The summed E-state index contributed by atoms with van der Waals surface area (Å²) in [6.45, 7) is 3.75. The summed E-state index contributed by atoms with van der Waals surface area (Å²) in [6, 6.07) is 17.9. The molecule has 1 aliphatic heterocycles. The summed E-state index contributed by atoms with van der Waals surface area (Å²) in [7, 11) is 0. The Kier molecular flexibility index (Phi) is 6.77. The minimum Gasteiger partial charge on any atom is -0.343 e. The minimum atomic E-state index is 0.283. The summed E-state index contributed by atoms with van der Waals surface area (Å²) in [4.78, 5) is 15.4. The van der Waals surface area contributed by atoms with Gasteiger partial charge in [0.1, 0.15) is 11.4 Å². The molecule has 0 unspecified atom stereocenters. The second-order valence-corrected chi connectivity index (χ2v) is 7.97. The third kappa shape index (κ3) is 5.26. The number of nitrogens with one attached hydrogen (secondary N) is 1. The van der Waals surface area contributed by atoms with E-state index in [1.165, 1.54) is 0 Å². The number of carbonyl (C=O) groups is 1. The molecule has 1 amide bonds. The third-order valence-electron chi connectivity index (χ3n) is 5.23. The molecule has 30 heavy (non-hydrogen) atoms. The van der Waals surface area contributed by atoms with E-state index in [4.69, 9.17) is 21.8 Å². The van der Waals surface area contributed by atoms with E-state index in [0.717, 1.165) is 55.0 Å². The van der Waals surface area contributed by atoms with Crippen LogP contribution in [0, 0.1) is 0 Å². The Hall–Kier alpha value is -2.70. The van der Waals surface area contributed by atoms with Crippen molar-refractivity contribution in [1.29, 1.82) is 0 Å². The number of hydrogen-bond acceptors (Lipinski definition) is 4. The van der Waals surface area contributed by atoms with Crippen LogP contribution in [0.15, 0.2) is 54.6 Å². The zero-order valence-electron chi connectivity index (χ0n) is 16.9. The van der Waals surface area contributed by atoms with Crippen molar-refractivity contribution in [3.8, 4) is 11.3 Å². The van der Waals surface area contributed by atoms with Gasteiger partial charge in [-0.05, 0) is 37.1 Å². The Balaban J connectivity index is 1.41. The lowest BCUT2D eigenvalue weighted by atomic mass is 10.1. The lowest BCUT2D eigenvalue weighted by molar-refractivity contribution is -0.127. The first-order valence-corrected chi connectivity index (χ1v) is 10.8. The molecular weight excluding hydrogens is 398 g/mol. The molecule has 156 valence electrons. The van der Waals surface area contributed by atoms with Crippen molar-refractivity contribution in [2.75, 3.05) is 19.6 Å². The molecule has 1 N–H and O–H groups in total. The van der Waals surface area contributed by atoms with Gasteiger partial charge < -0.3 is 10.2 Å². The summed E-state index contributed by atoms with van der Waals surface area (Å²) in [5, 5.41) is 13.7. The zero-order chi connectivity index (χ0) is 20.8. The second-order valence-electron chi connectivity index (χ2n) is 7.54. The molecule has 3 aromatic rings. The van der Waals surface area contributed by atoms with Crippen LogP contribution >= 0.6 is 11.6 Å². The lowest BCUT2D eigenvalue weighted by Crippen LogP contribution is -2.28. The highest BCUT2D eigenvalue weighted by Crippen LogP contribution is 2.21. The van der Waals surface area contributed by atoms with E-state index in [1.54, 1.807) is 4.80 Å². The molecule has 2 aromatic carbocycles. The molecule has 1 aromatic heterocycles. The number of nitrogens with zero attached hydrogens (tertiary/aromatic N) is 4. The predicted octanol–water partition coefficient (Wildman–Crippen LogP) is 3.75. The van der Waals surface area contributed by atoms with Gasteiger partial charge in [0.25, 0.3) is 0 Å². The van der Waals surface area contributed by atoms with Gasteiger partial charge in [0.05, 0.1) is 6.54 Å². The van der Waals surface area contributed by atoms with Gasteiger partial charge in [0.15, 0.2) is 0 Å². The molecule has 2 heterocycles. The molecule has 0 spiro atoms. The maximum atomic E-state index is 11.7. The fourth-order valence-electron chi connectivity index (χ4n) is 3.73. The number of amides is 1. The van der Waals surface area contributed by atoms with Crippen LogP contribution in [0.4, 0.5) is 0 Å². The molecular formula is C23H26ClN5O. The molecule has 0 atom stereocenters. The first kappa shape index (κ1) is 20.6. The van der Waals surface area contributed by atoms with Crippen molar-refractivity contribution in [2.24, 2.45) is 0 Å². The highest BCUT2D eigenvalue weighted by molar-refractivity contribution is 6.30. The van der Waals surface area contributed by atoms with Crippen LogP contribution in [0.1, 0.15) is 30.5 Å². The SMILES string of the molecule is O=C1CCCN1CCCNCc1nn(Cc2cccc(Cl)c2)nc1-c1ccccc1. The molecule has 1 fully saturated rings. The van der Waals surface area contributed by atoms with E-state index >= 15 is 0 Å². The number of benzene rings is 2. The van der Waals surface area contributed by atoms with Gasteiger partial charge in [-0.15, -0.1) is 0 Å². The smallest absolute Gasteiger partial charge is 0.222 e. The zero-order valence-corrected chi connectivity index (χ0v) is 17.7. The van der Waals surface area contributed by atoms with E-state index in [1.807, 2.05) is 47.4 Å². The monoisotopic (exact) mass is 423 g/mol. The number of hydrogen-bond donors (Lipinski definition) is 1. The number of likely N-dealkylation sites (tertiary alicyclic amines) is 1. The Bertz CT molecular complexity index is 988. The van der Waals surface area contributed by atoms with E-state index in [9.17, 15) is 4.79 Å². The van der Waals surface area contributed by atoms with Crippen LogP contribution < -0.4 is 5.32 Å². The quantitative estimate of drug-likeness (QED) is 0.532. The second kappa shape index (κ2) is 9.87. The van der Waals surface area contributed by atoms with Crippen molar-refractivity contribution in [3.63, 3.8) is 0 Å². The van der Waals surface area contributed by atoms with Crippen molar-refractivity contribution in [3.05, 3.63) is 70.9 Å². The van der Waals surface area contributed by atoms with Gasteiger partial charge in [-0.25, -0.2) is 0 Å². The predicted molar refractivity (Wildman–Crippen MR) is 118 cm³/mol. The van der Waals surface area contributed by atoms with Crippen molar-refractivity contribution >= 4 is 17.5 Å². The molecule has 4 rings (SSSR count). The summed E-state index contributed by atoms with van der Waals surface area (Å²) >= 11 is 6.11. The fraction of sp³-hybridized carbons (Fsp3) is 0.348. The van der Waals surface area contributed by atoms with E-state index in [0.29, 0.717) is 24.5 Å². The molecule has 6 nitrogen and oxygen atoms in total. The maximum Gasteiger partial charge on any atom is 0.222 e. The average Bonchev–Trinajstić information content (AvgIpc) is 3.34. The number of carbonyl (C=O) groups excluding carboxylic acids is 1. The highest BCUT2D eigenvalue weighted by Gasteiger charge is 2.19. The number of rotatable bonds is 9. The van der Waals surface area contributed by atoms with Crippen LogP contribution in [0.3, 0.4) is 0 Å². The van der Waals surface area contributed by atoms with Gasteiger partial charge >= 0.3 is 0 Å². The third-order valence-corrected chi connectivity index (χ3v) is 5.47. The molecule has 0 aliphatic carbocycles. The first-order chi connectivity index (χ1) is 14.7. The van der Waals surface area contributed by atoms with Gasteiger partial charge in [-0.3, -0.25) is 4.79 Å². The normalized spacial score (nSPS) is 13.9. The molecule has 0 saturated carbocycles. The molecule has 0 bridgehead atoms. The standard InChI is InChI=1S/C23H26ClN5O/c24-20-10-4-7-18(15-20)17-29-26-21(23(27-29)19-8-2-1-3-9-19)16-25-12-6-14-28-13-5-11-22(28)30/h1-4,7-10,15,25H,5-6,11-14,16-17H2. The van der Waals surface area contributed by atoms with Crippen molar-refractivity contribution in [2.45, 2.75) is 32.4 Å². The molecule has 7 heteroatoms. The summed E-state index contributed by atoms with van der Waals surface area (Å²) in [5.41, 5.74) is 3.92. The maximum absolute atomic E-state index is 11.7. The van der Waals surface area contributed by atoms with Crippen molar-refractivity contribution in [1.82, 2.24) is 25.2 Å². The largest absolute Gasteiger partial charge is 0.343 e. The Morgan fingerprint density at radius 1 is 1.07 bits per heavy atom. The highest BCUT2D eigenvalue weighted by atomic mass is 35.5. The van der Waals surface area contributed by atoms with E-state index < -0.39 is 0 Å². The molecule has 1 saturated heterocycles. The first-order valence-electron chi connectivity index (χ1n) is 10.4. The van der Waals surface area contributed by atoms with Crippen LogP contribution in [0.5, 0.6) is 0 Å². The molecule has 1 aliphatic rings. The van der Waals surface area contributed by atoms with Gasteiger partial charge in [0, 0.05) is 36.6 Å². The lowest BCUT2D eigenvalue weighted by Gasteiger charge is -2.15. The Labute approximate surface area is 181 Å². The van der Waals surface area contributed by atoms with Crippen LogP contribution in [0.2, 0.25) is 5.02 Å².